The molecule has 12 N–H and O–H groups in total. The van der Waals surface area contributed by atoms with Crippen LogP contribution in [0.25, 0.3) is 0 Å². The molecule has 0 aromatic heterocycles. The number of carbonyl (C=O) groups is 6. The van der Waals surface area contributed by atoms with Crippen LogP contribution >= 0.6 is 0 Å². The van der Waals surface area contributed by atoms with Crippen LogP contribution in [0.2, 0.25) is 0 Å². The average Bonchev–Trinajstić information content (AvgIpc) is 3.15. The van der Waals surface area contributed by atoms with Gasteiger partial charge in [0.25, 0.3) is 0 Å². The third kappa shape index (κ3) is 26.5. The van der Waals surface area contributed by atoms with Crippen molar-refractivity contribution in [3.8, 4) is 0 Å². The zero-order valence-electron chi connectivity index (χ0n) is 35.3. The van der Waals surface area contributed by atoms with Gasteiger partial charge in [-0.3, -0.25) is 24.0 Å². The van der Waals surface area contributed by atoms with Crippen LogP contribution in [0.1, 0.15) is 169 Å². The third-order valence-corrected chi connectivity index (χ3v) is 9.84. The Morgan fingerprint density at radius 1 is 0.464 bits per heavy atom. The highest BCUT2D eigenvalue weighted by molar-refractivity contribution is 5.95. The molecule has 326 valence electrons. The molecular formula is C41H80N8O7. The molecule has 5 atom stereocenters. The summed E-state index contributed by atoms with van der Waals surface area (Å²) in [7, 11) is 0. The summed E-state index contributed by atoms with van der Waals surface area (Å²) < 4.78 is 0. The number of unbranched alkanes of at least 4 members (excludes halogenated alkanes) is 13. The molecular weight excluding hydrogens is 716 g/mol. The van der Waals surface area contributed by atoms with Crippen molar-refractivity contribution in [1.82, 2.24) is 26.6 Å². The first-order valence-electron chi connectivity index (χ1n) is 21.6. The summed E-state index contributed by atoms with van der Waals surface area (Å²) >= 11 is 0. The number of hydrogen-bond acceptors (Lipinski definition) is 9. The highest BCUT2D eigenvalue weighted by atomic mass is 16.4. The Morgan fingerprint density at radius 3 is 1.30 bits per heavy atom. The summed E-state index contributed by atoms with van der Waals surface area (Å²) in [5, 5.41) is 23.2. The lowest BCUT2D eigenvalue weighted by molar-refractivity contribution is -0.142. The Hall–Kier alpha value is -3.30. The highest BCUT2D eigenvalue weighted by Crippen LogP contribution is 2.13. The Bertz CT molecular complexity index is 1110. The zero-order chi connectivity index (χ0) is 42.1. The molecule has 0 spiro atoms. The maximum absolute atomic E-state index is 13.6. The predicted octanol–water partition coefficient (Wildman–Crippen LogP) is 3.65. The number of amides is 5. The summed E-state index contributed by atoms with van der Waals surface area (Å²) in [5.74, 6) is -3.76. The van der Waals surface area contributed by atoms with E-state index in [0.717, 1.165) is 25.7 Å². The topological polar surface area (TPSA) is 261 Å². The van der Waals surface area contributed by atoms with Crippen LogP contribution in [0.4, 0.5) is 0 Å². The van der Waals surface area contributed by atoms with Gasteiger partial charge in [-0.2, -0.15) is 0 Å². The minimum Gasteiger partial charge on any atom is -0.480 e. The van der Waals surface area contributed by atoms with Gasteiger partial charge in [-0.05, 0) is 103 Å². The first-order valence-corrected chi connectivity index (χ1v) is 21.6. The van der Waals surface area contributed by atoms with Gasteiger partial charge in [0, 0.05) is 6.42 Å². The van der Waals surface area contributed by atoms with E-state index in [4.69, 9.17) is 17.2 Å². The van der Waals surface area contributed by atoms with Gasteiger partial charge < -0.3 is 48.9 Å². The predicted molar refractivity (Wildman–Crippen MR) is 222 cm³/mol. The van der Waals surface area contributed by atoms with Crippen LogP contribution in [-0.4, -0.2) is 90.5 Å². The molecule has 0 saturated heterocycles. The van der Waals surface area contributed by atoms with Crippen molar-refractivity contribution in [3.05, 3.63) is 0 Å². The van der Waals surface area contributed by atoms with Crippen LogP contribution in [0.5, 0.6) is 0 Å². The average molecular weight is 797 g/mol. The monoisotopic (exact) mass is 797 g/mol. The number of hydrogen-bond donors (Lipinski definition) is 9. The number of aliphatic carboxylic acids is 1. The van der Waals surface area contributed by atoms with E-state index < -0.39 is 59.8 Å². The second-order valence-corrected chi connectivity index (χ2v) is 15.6. The Labute approximate surface area is 337 Å². The molecule has 0 aliphatic rings. The van der Waals surface area contributed by atoms with Crippen LogP contribution in [0.15, 0.2) is 0 Å². The van der Waals surface area contributed by atoms with Crippen molar-refractivity contribution >= 4 is 35.5 Å². The second kappa shape index (κ2) is 33.8. The Balaban J connectivity index is 5.42. The number of rotatable bonds is 36. The van der Waals surface area contributed by atoms with Crippen molar-refractivity contribution < 1.29 is 33.9 Å². The van der Waals surface area contributed by atoms with E-state index in [-0.39, 0.29) is 31.1 Å². The van der Waals surface area contributed by atoms with Gasteiger partial charge in [0.15, 0.2) is 0 Å². The molecule has 0 saturated carbocycles. The van der Waals surface area contributed by atoms with Crippen LogP contribution in [0.3, 0.4) is 0 Å². The van der Waals surface area contributed by atoms with Gasteiger partial charge in [-0.1, -0.05) is 85.0 Å². The number of nitrogens with one attached hydrogen (secondary N) is 5. The Kier molecular flexibility index (Phi) is 31.8. The molecule has 0 aromatic rings. The fraction of sp³-hybridized carbons (Fsp3) is 0.854. The maximum Gasteiger partial charge on any atom is 0.326 e. The normalized spacial score (nSPS) is 13.9. The first kappa shape index (κ1) is 52.7. The van der Waals surface area contributed by atoms with E-state index in [2.05, 4.69) is 33.5 Å². The van der Waals surface area contributed by atoms with Gasteiger partial charge >= 0.3 is 5.97 Å². The van der Waals surface area contributed by atoms with Gasteiger partial charge in [-0.15, -0.1) is 0 Å². The number of nitrogens with two attached hydrogens (primary N) is 3. The SMILES string of the molecule is CCCCCCCCCCCCCC(=O)N[C@@H](CCCCN)C(=O)N[C@@H](CC(C)C)C(=O)N[C@@H](C)C(=O)N[C@@H](CCCCN)C(=O)N[C@@H](CCCCN)C(=O)O. The molecule has 56 heavy (non-hydrogen) atoms. The van der Waals surface area contributed by atoms with Crippen LogP contribution in [0, 0.1) is 5.92 Å². The molecule has 0 radical (unpaired) electrons. The number of carboxylic acids is 1. The standard InChI is InChI=1S/C41H80N8O7/c1-5-6-7-8-9-10-11-12-13-14-15-25-36(50)46-32(22-16-19-26-42)38(52)49-35(29-30(2)3)40(54)45-31(4)37(51)47-33(23-17-20-27-43)39(53)48-34(41(55)56)24-18-21-28-44/h30-35H,5-29,42-44H2,1-4H3,(H,45,54)(H,46,50)(H,47,51)(H,48,53)(H,49,52)(H,55,56)/t31-,32-,33-,34-,35-/m0/s1. The smallest absolute Gasteiger partial charge is 0.326 e. The van der Waals surface area contributed by atoms with E-state index in [1.807, 2.05) is 13.8 Å². The second-order valence-electron chi connectivity index (χ2n) is 15.6. The van der Waals surface area contributed by atoms with Gasteiger partial charge in [-0.25, -0.2) is 4.79 Å². The molecule has 0 unspecified atom stereocenters. The first-order chi connectivity index (χ1) is 26.8. The molecule has 0 heterocycles. The lowest BCUT2D eigenvalue weighted by atomic mass is 10.0. The molecule has 15 heteroatoms. The van der Waals surface area contributed by atoms with Crippen LogP contribution in [-0.2, 0) is 28.8 Å². The lowest BCUT2D eigenvalue weighted by Crippen LogP contribution is -2.58. The molecule has 0 bridgehead atoms. The van der Waals surface area contributed by atoms with E-state index in [1.54, 1.807) is 0 Å². The van der Waals surface area contributed by atoms with Crippen molar-refractivity contribution in [2.45, 2.75) is 199 Å². The fourth-order valence-electron chi connectivity index (χ4n) is 6.41. The number of carboxylic acid groups (broad SMARTS) is 1. The van der Waals surface area contributed by atoms with E-state index in [1.165, 1.54) is 51.9 Å². The maximum atomic E-state index is 13.6. The molecule has 0 aliphatic carbocycles. The fourth-order valence-corrected chi connectivity index (χ4v) is 6.41. The van der Waals surface area contributed by atoms with Gasteiger partial charge in [0.1, 0.15) is 30.2 Å². The molecule has 0 fully saturated rings. The van der Waals surface area contributed by atoms with Crippen LogP contribution < -0.4 is 43.8 Å². The summed E-state index contributed by atoms with van der Waals surface area (Å²) in [6.45, 7) is 8.72. The number of carbonyl (C=O) groups excluding carboxylic acids is 5. The van der Waals surface area contributed by atoms with Crippen molar-refractivity contribution in [2.75, 3.05) is 19.6 Å². The van der Waals surface area contributed by atoms with E-state index >= 15 is 0 Å². The minimum atomic E-state index is -1.19. The summed E-state index contributed by atoms with van der Waals surface area (Å²) in [6, 6.07) is -5.13. The van der Waals surface area contributed by atoms with E-state index in [0.29, 0.717) is 71.0 Å². The molecule has 0 aliphatic heterocycles. The molecule has 0 rings (SSSR count). The molecule has 0 aromatic carbocycles. The quantitative estimate of drug-likeness (QED) is 0.0416. The minimum absolute atomic E-state index is 0.00387. The van der Waals surface area contributed by atoms with Gasteiger partial charge in [0.2, 0.25) is 29.5 Å². The van der Waals surface area contributed by atoms with Crippen molar-refractivity contribution in [3.63, 3.8) is 0 Å². The molecule has 15 nitrogen and oxygen atoms in total. The van der Waals surface area contributed by atoms with E-state index in [9.17, 15) is 33.9 Å². The van der Waals surface area contributed by atoms with Gasteiger partial charge in [0.05, 0.1) is 0 Å². The Morgan fingerprint density at radius 2 is 0.857 bits per heavy atom. The summed E-state index contributed by atoms with van der Waals surface area (Å²) in [6.07, 6.45) is 17.7. The summed E-state index contributed by atoms with van der Waals surface area (Å²) in [5.41, 5.74) is 16.8. The highest BCUT2D eigenvalue weighted by Gasteiger charge is 2.31. The van der Waals surface area contributed by atoms with Crippen molar-refractivity contribution in [1.29, 1.82) is 0 Å². The zero-order valence-corrected chi connectivity index (χ0v) is 35.3. The summed E-state index contributed by atoms with van der Waals surface area (Å²) in [4.78, 5) is 78.4. The largest absolute Gasteiger partial charge is 0.480 e. The lowest BCUT2D eigenvalue weighted by Gasteiger charge is -2.26. The van der Waals surface area contributed by atoms with Crippen molar-refractivity contribution in [2.24, 2.45) is 23.1 Å². The molecule has 5 amide bonds. The third-order valence-electron chi connectivity index (χ3n) is 9.84.